The summed E-state index contributed by atoms with van der Waals surface area (Å²) in [6.07, 6.45) is -3.60. The molecule has 3 N–H and O–H groups in total. The standard InChI is InChI=1S/C6H12O4S/c7-3-1-10-4(2-11)6(9)5(3)8/h3-9,11H,1-2H2/t3-,4+,5+,6+/m0/s1. The van der Waals surface area contributed by atoms with Gasteiger partial charge in [-0.25, -0.2) is 0 Å². The predicted molar refractivity (Wildman–Crippen MR) is 41.6 cm³/mol. The second kappa shape index (κ2) is 3.73. The molecule has 0 bridgehead atoms. The summed E-state index contributed by atoms with van der Waals surface area (Å²) in [5.41, 5.74) is 0. The van der Waals surface area contributed by atoms with Gasteiger partial charge in [0.1, 0.15) is 18.3 Å². The number of rotatable bonds is 1. The lowest BCUT2D eigenvalue weighted by Gasteiger charge is -2.34. The molecule has 0 unspecified atom stereocenters. The van der Waals surface area contributed by atoms with E-state index in [0.717, 1.165) is 0 Å². The molecule has 0 aliphatic carbocycles. The predicted octanol–water partition coefficient (Wildman–Crippen LogP) is -1.60. The SMILES string of the molecule is O[C@H]1[C@H](O)[C@@H](CS)OC[C@@H]1O. The minimum absolute atomic E-state index is 0.0590. The molecule has 0 aromatic carbocycles. The Morgan fingerprint density at radius 3 is 2.45 bits per heavy atom. The normalized spacial score (nSPS) is 45.8. The quantitative estimate of drug-likeness (QED) is 0.367. The third kappa shape index (κ3) is 1.86. The molecule has 0 aromatic heterocycles. The Kier molecular flexibility index (Phi) is 3.15. The van der Waals surface area contributed by atoms with Crippen molar-refractivity contribution >= 4 is 12.6 Å². The molecule has 0 spiro atoms. The van der Waals surface area contributed by atoms with Crippen LogP contribution in [0, 0.1) is 0 Å². The third-order valence-corrected chi connectivity index (χ3v) is 2.15. The topological polar surface area (TPSA) is 69.9 Å². The maximum Gasteiger partial charge on any atom is 0.111 e. The molecule has 1 saturated heterocycles. The van der Waals surface area contributed by atoms with Crippen LogP contribution in [-0.2, 0) is 4.74 Å². The molecule has 0 aromatic rings. The van der Waals surface area contributed by atoms with Gasteiger partial charge in [0.15, 0.2) is 0 Å². The molecule has 66 valence electrons. The van der Waals surface area contributed by atoms with Crippen LogP contribution in [0.5, 0.6) is 0 Å². The van der Waals surface area contributed by atoms with Crippen LogP contribution in [-0.4, -0.2) is 52.1 Å². The Labute approximate surface area is 70.2 Å². The monoisotopic (exact) mass is 180 g/mol. The van der Waals surface area contributed by atoms with E-state index >= 15 is 0 Å². The Bertz CT molecular complexity index is 130. The van der Waals surface area contributed by atoms with E-state index in [1.165, 1.54) is 0 Å². The highest BCUT2D eigenvalue weighted by molar-refractivity contribution is 7.80. The largest absolute Gasteiger partial charge is 0.388 e. The van der Waals surface area contributed by atoms with E-state index < -0.39 is 24.4 Å². The molecular weight excluding hydrogens is 168 g/mol. The number of thiol groups is 1. The molecule has 1 heterocycles. The van der Waals surface area contributed by atoms with Crippen LogP contribution in [0.4, 0.5) is 0 Å². The van der Waals surface area contributed by atoms with Crippen molar-refractivity contribution in [3.05, 3.63) is 0 Å². The minimum atomic E-state index is -1.11. The number of ether oxygens (including phenoxy) is 1. The summed E-state index contributed by atoms with van der Waals surface area (Å²) in [7, 11) is 0. The van der Waals surface area contributed by atoms with E-state index in [-0.39, 0.29) is 6.61 Å². The zero-order valence-corrected chi connectivity index (χ0v) is 6.82. The summed E-state index contributed by atoms with van der Waals surface area (Å²) in [6, 6.07) is 0. The first-order valence-electron chi connectivity index (χ1n) is 3.43. The van der Waals surface area contributed by atoms with Gasteiger partial charge in [0.25, 0.3) is 0 Å². The van der Waals surface area contributed by atoms with Crippen molar-refractivity contribution in [3.63, 3.8) is 0 Å². The summed E-state index contributed by atoms with van der Waals surface area (Å²) in [4.78, 5) is 0. The molecule has 11 heavy (non-hydrogen) atoms. The number of hydrogen-bond acceptors (Lipinski definition) is 5. The molecule has 5 heteroatoms. The average Bonchev–Trinajstić information content (AvgIpc) is 2.01. The smallest absolute Gasteiger partial charge is 0.111 e. The van der Waals surface area contributed by atoms with E-state index in [0.29, 0.717) is 5.75 Å². The van der Waals surface area contributed by atoms with E-state index in [2.05, 4.69) is 12.6 Å². The molecule has 0 radical (unpaired) electrons. The Balaban J connectivity index is 2.52. The third-order valence-electron chi connectivity index (χ3n) is 1.79. The molecule has 4 nitrogen and oxygen atoms in total. The average molecular weight is 180 g/mol. The lowest BCUT2D eigenvalue weighted by Crippen LogP contribution is -2.53. The van der Waals surface area contributed by atoms with Crippen LogP contribution in [0.25, 0.3) is 0 Å². The Hall–Kier alpha value is 0.190. The lowest BCUT2D eigenvalue weighted by atomic mass is 10.0. The van der Waals surface area contributed by atoms with Crippen LogP contribution in [0.3, 0.4) is 0 Å². The van der Waals surface area contributed by atoms with E-state index in [9.17, 15) is 5.11 Å². The van der Waals surface area contributed by atoms with Crippen molar-refractivity contribution in [2.24, 2.45) is 0 Å². The molecule has 1 aliphatic rings. The van der Waals surface area contributed by atoms with E-state index in [4.69, 9.17) is 14.9 Å². The summed E-state index contributed by atoms with van der Waals surface area (Å²) < 4.78 is 4.99. The summed E-state index contributed by atoms with van der Waals surface area (Å²) >= 11 is 3.92. The first-order chi connectivity index (χ1) is 5.16. The number of hydrogen-bond donors (Lipinski definition) is 4. The van der Waals surface area contributed by atoms with Gasteiger partial charge in [0.2, 0.25) is 0 Å². The first kappa shape index (κ1) is 9.28. The Morgan fingerprint density at radius 1 is 1.27 bits per heavy atom. The first-order valence-corrected chi connectivity index (χ1v) is 4.06. The van der Waals surface area contributed by atoms with Crippen molar-refractivity contribution in [3.8, 4) is 0 Å². The van der Waals surface area contributed by atoms with Gasteiger partial charge in [-0.3, -0.25) is 0 Å². The Morgan fingerprint density at radius 2 is 1.91 bits per heavy atom. The fourth-order valence-electron chi connectivity index (χ4n) is 1.03. The maximum absolute atomic E-state index is 9.22. The van der Waals surface area contributed by atoms with Gasteiger partial charge in [0.05, 0.1) is 12.7 Å². The van der Waals surface area contributed by atoms with E-state index in [1.807, 2.05) is 0 Å². The molecular formula is C6H12O4S. The number of aliphatic hydroxyl groups is 3. The van der Waals surface area contributed by atoms with Crippen LogP contribution in [0.2, 0.25) is 0 Å². The summed E-state index contributed by atoms with van der Waals surface area (Å²) in [5, 5.41) is 27.4. The fourth-order valence-corrected chi connectivity index (χ4v) is 1.35. The van der Waals surface area contributed by atoms with Crippen LogP contribution >= 0.6 is 12.6 Å². The summed E-state index contributed by atoms with van der Waals surface area (Å²) in [6.45, 7) is 0.0590. The number of aliphatic hydroxyl groups excluding tert-OH is 3. The summed E-state index contributed by atoms with van der Waals surface area (Å²) in [5.74, 6) is 0.338. The van der Waals surface area contributed by atoms with Crippen LogP contribution < -0.4 is 0 Å². The zero-order chi connectivity index (χ0) is 8.43. The van der Waals surface area contributed by atoms with Crippen molar-refractivity contribution in [2.75, 3.05) is 12.4 Å². The van der Waals surface area contributed by atoms with Crippen molar-refractivity contribution in [1.29, 1.82) is 0 Å². The van der Waals surface area contributed by atoms with Crippen LogP contribution in [0.1, 0.15) is 0 Å². The van der Waals surface area contributed by atoms with Gasteiger partial charge in [-0.2, -0.15) is 12.6 Å². The van der Waals surface area contributed by atoms with Gasteiger partial charge in [-0.15, -0.1) is 0 Å². The lowest BCUT2D eigenvalue weighted by molar-refractivity contribution is -0.179. The molecule has 0 saturated carbocycles. The van der Waals surface area contributed by atoms with Gasteiger partial charge in [-0.1, -0.05) is 0 Å². The highest BCUT2D eigenvalue weighted by Gasteiger charge is 2.36. The second-order valence-electron chi connectivity index (χ2n) is 2.60. The highest BCUT2D eigenvalue weighted by Crippen LogP contribution is 2.15. The van der Waals surface area contributed by atoms with E-state index in [1.54, 1.807) is 0 Å². The van der Waals surface area contributed by atoms with Gasteiger partial charge in [-0.05, 0) is 0 Å². The zero-order valence-electron chi connectivity index (χ0n) is 5.92. The fraction of sp³-hybridized carbons (Fsp3) is 1.00. The molecule has 1 aliphatic heterocycles. The molecule has 1 rings (SSSR count). The van der Waals surface area contributed by atoms with Crippen molar-refractivity contribution < 1.29 is 20.1 Å². The van der Waals surface area contributed by atoms with Crippen molar-refractivity contribution in [2.45, 2.75) is 24.4 Å². The van der Waals surface area contributed by atoms with Gasteiger partial charge >= 0.3 is 0 Å². The minimum Gasteiger partial charge on any atom is -0.388 e. The van der Waals surface area contributed by atoms with Gasteiger partial charge in [0, 0.05) is 5.75 Å². The van der Waals surface area contributed by atoms with Crippen LogP contribution in [0.15, 0.2) is 0 Å². The van der Waals surface area contributed by atoms with Crippen molar-refractivity contribution in [1.82, 2.24) is 0 Å². The molecule has 4 atom stereocenters. The second-order valence-corrected chi connectivity index (χ2v) is 2.97. The highest BCUT2D eigenvalue weighted by atomic mass is 32.1. The molecule has 1 fully saturated rings. The maximum atomic E-state index is 9.22. The van der Waals surface area contributed by atoms with Gasteiger partial charge < -0.3 is 20.1 Å². The molecule has 0 amide bonds.